The van der Waals surface area contributed by atoms with Crippen molar-refractivity contribution in [3.8, 4) is 5.75 Å². The highest BCUT2D eigenvalue weighted by molar-refractivity contribution is 5.37. The number of likely N-dealkylation sites (N-methyl/N-ethyl adjacent to an activating group) is 1. The Morgan fingerprint density at radius 2 is 2.15 bits per heavy atom. The minimum Gasteiger partial charge on any atom is -0.491 e. The number of benzene rings is 1. The van der Waals surface area contributed by atoms with Gasteiger partial charge in [-0.05, 0) is 31.9 Å². The lowest BCUT2D eigenvalue weighted by atomic mass is 9.96. The number of aliphatic hydroxyl groups is 1. The summed E-state index contributed by atoms with van der Waals surface area (Å²) in [5.41, 5.74) is 0.899. The Morgan fingerprint density at radius 1 is 1.30 bits per heavy atom. The Hall–Kier alpha value is -1.10. The molecule has 1 aromatic rings. The van der Waals surface area contributed by atoms with Gasteiger partial charge < -0.3 is 14.6 Å². The lowest BCUT2D eigenvalue weighted by Gasteiger charge is -2.38. The van der Waals surface area contributed by atoms with Gasteiger partial charge in [-0.2, -0.15) is 0 Å². The number of nitrogens with zero attached hydrogens (tertiary/aromatic N) is 1. The van der Waals surface area contributed by atoms with E-state index in [0.29, 0.717) is 12.5 Å². The quantitative estimate of drug-likeness (QED) is 0.915. The van der Waals surface area contributed by atoms with Crippen LogP contribution in [0, 0.1) is 5.92 Å². The lowest BCUT2D eigenvalue weighted by Crippen LogP contribution is -2.46. The fraction of sp³-hybridized carbons (Fsp3) is 0.625. The van der Waals surface area contributed by atoms with Gasteiger partial charge in [0.2, 0.25) is 0 Å². The van der Waals surface area contributed by atoms with E-state index in [1.54, 1.807) is 0 Å². The first-order chi connectivity index (χ1) is 9.75. The number of hydrogen-bond donors (Lipinski definition) is 1. The van der Waals surface area contributed by atoms with E-state index in [9.17, 15) is 5.11 Å². The summed E-state index contributed by atoms with van der Waals surface area (Å²) in [6.07, 6.45) is 1.88. The van der Waals surface area contributed by atoms with Gasteiger partial charge in [0.1, 0.15) is 18.5 Å². The normalized spacial score (nSPS) is 29.9. The molecule has 0 radical (unpaired) electrons. The molecule has 1 aromatic carbocycles. The average molecular weight is 277 g/mol. The van der Waals surface area contributed by atoms with E-state index >= 15 is 0 Å². The number of ether oxygens (including phenoxy) is 2. The van der Waals surface area contributed by atoms with E-state index in [-0.39, 0.29) is 6.04 Å². The first-order valence-electron chi connectivity index (χ1n) is 7.43. The van der Waals surface area contributed by atoms with Crippen molar-refractivity contribution >= 4 is 0 Å². The molecule has 1 saturated heterocycles. The van der Waals surface area contributed by atoms with Gasteiger partial charge in [-0.25, -0.2) is 0 Å². The molecule has 110 valence electrons. The van der Waals surface area contributed by atoms with Crippen molar-refractivity contribution in [1.82, 2.24) is 4.90 Å². The SMILES string of the molecule is CN(CC1CCCOC1)C1COc2ccccc2C1O. The first-order valence-corrected chi connectivity index (χ1v) is 7.43. The molecule has 0 saturated carbocycles. The number of aliphatic hydroxyl groups excluding tert-OH is 1. The van der Waals surface area contributed by atoms with Gasteiger partial charge in [-0.15, -0.1) is 0 Å². The molecule has 0 aromatic heterocycles. The Bertz CT molecular complexity index is 445. The molecule has 1 N–H and O–H groups in total. The van der Waals surface area contributed by atoms with Crippen LogP contribution in [0.3, 0.4) is 0 Å². The Morgan fingerprint density at radius 3 is 2.95 bits per heavy atom. The number of fused-ring (bicyclic) bond motifs is 1. The van der Waals surface area contributed by atoms with Crippen LogP contribution in [0.4, 0.5) is 0 Å². The van der Waals surface area contributed by atoms with Crippen LogP contribution in [0.5, 0.6) is 5.75 Å². The van der Waals surface area contributed by atoms with Gasteiger partial charge >= 0.3 is 0 Å². The van der Waals surface area contributed by atoms with Crippen molar-refractivity contribution in [1.29, 1.82) is 0 Å². The molecule has 2 aliphatic rings. The molecule has 0 aliphatic carbocycles. The zero-order valence-corrected chi connectivity index (χ0v) is 12.0. The second-order valence-corrected chi connectivity index (χ2v) is 5.88. The smallest absolute Gasteiger partial charge is 0.125 e. The molecule has 2 aliphatic heterocycles. The maximum absolute atomic E-state index is 10.6. The molecule has 4 nitrogen and oxygen atoms in total. The second-order valence-electron chi connectivity index (χ2n) is 5.88. The van der Waals surface area contributed by atoms with Crippen LogP contribution in [-0.4, -0.2) is 49.5 Å². The fourth-order valence-electron chi connectivity index (χ4n) is 3.19. The van der Waals surface area contributed by atoms with E-state index in [4.69, 9.17) is 9.47 Å². The predicted octanol–water partition coefficient (Wildman–Crippen LogP) is 1.84. The van der Waals surface area contributed by atoms with E-state index < -0.39 is 6.10 Å². The van der Waals surface area contributed by atoms with Crippen LogP contribution in [0.1, 0.15) is 24.5 Å². The average Bonchev–Trinajstić information content (AvgIpc) is 2.49. The van der Waals surface area contributed by atoms with Crippen LogP contribution < -0.4 is 4.74 Å². The number of para-hydroxylation sites is 1. The summed E-state index contributed by atoms with van der Waals surface area (Å²) in [5, 5.41) is 10.6. The largest absolute Gasteiger partial charge is 0.491 e. The number of rotatable bonds is 3. The molecular formula is C16H23NO3. The van der Waals surface area contributed by atoms with Crippen molar-refractivity contribution < 1.29 is 14.6 Å². The van der Waals surface area contributed by atoms with Gasteiger partial charge in [0.05, 0.1) is 12.6 Å². The van der Waals surface area contributed by atoms with Crippen molar-refractivity contribution in [2.45, 2.75) is 25.0 Å². The third-order valence-electron chi connectivity index (χ3n) is 4.38. The van der Waals surface area contributed by atoms with Crippen molar-refractivity contribution in [3.05, 3.63) is 29.8 Å². The summed E-state index contributed by atoms with van der Waals surface area (Å²) >= 11 is 0. The highest BCUT2D eigenvalue weighted by Gasteiger charge is 2.33. The maximum atomic E-state index is 10.6. The first kappa shape index (κ1) is 13.9. The highest BCUT2D eigenvalue weighted by atomic mass is 16.5. The molecule has 3 unspecified atom stereocenters. The summed E-state index contributed by atoms with van der Waals surface area (Å²) in [6, 6.07) is 7.78. The third-order valence-corrected chi connectivity index (χ3v) is 4.38. The molecule has 3 rings (SSSR count). The van der Waals surface area contributed by atoms with E-state index in [0.717, 1.165) is 37.5 Å². The molecule has 1 fully saturated rings. The van der Waals surface area contributed by atoms with E-state index in [1.807, 2.05) is 24.3 Å². The molecule has 0 spiro atoms. The van der Waals surface area contributed by atoms with Crippen LogP contribution in [0.15, 0.2) is 24.3 Å². The predicted molar refractivity (Wildman–Crippen MR) is 76.9 cm³/mol. The summed E-state index contributed by atoms with van der Waals surface area (Å²) in [6.45, 7) is 3.23. The van der Waals surface area contributed by atoms with Gasteiger partial charge in [0.15, 0.2) is 0 Å². The zero-order valence-electron chi connectivity index (χ0n) is 12.0. The molecule has 3 atom stereocenters. The molecule has 4 heteroatoms. The van der Waals surface area contributed by atoms with Crippen molar-refractivity contribution in [2.24, 2.45) is 5.92 Å². The third kappa shape index (κ3) is 2.82. The summed E-state index contributed by atoms with van der Waals surface area (Å²) < 4.78 is 11.3. The summed E-state index contributed by atoms with van der Waals surface area (Å²) in [4.78, 5) is 2.22. The van der Waals surface area contributed by atoms with Crippen LogP contribution in [-0.2, 0) is 4.74 Å². The molecule has 20 heavy (non-hydrogen) atoms. The zero-order chi connectivity index (χ0) is 13.9. The van der Waals surface area contributed by atoms with E-state index in [2.05, 4.69) is 11.9 Å². The van der Waals surface area contributed by atoms with Gasteiger partial charge in [-0.3, -0.25) is 4.90 Å². The van der Waals surface area contributed by atoms with Gasteiger partial charge in [0.25, 0.3) is 0 Å². The van der Waals surface area contributed by atoms with Gasteiger partial charge in [-0.1, -0.05) is 18.2 Å². The van der Waals surface area contributed by atoms with Crippen LogP contribution >= 0.6 is 0 Å². The Kier molecular flexibility index (Phi) is 4.24. The fourth-order valence-corrected chi connectivity index (χ4v) is 3.19. The molecular weight excluding hydrogens is 254 g/mol. The van der Waals surface area contributed by atoms with Crippen LogP contribution in [0.25, 0.3) is 0 Å². The minimum absolute atomic E-state index is 0.0202. The Balaban J connectivity index is 1.65. The number of hydrogen-bond acceptors (Lipinski definition) is 4. The summed E-state index contributed by atoms with van der Waals surface area (Å²) in [5.74, 6) is 1.38. The monoisotopic (exact) mass is 277 g/mol. The molecule has 2 heterocycles. The Labute approximate surface area is 120 Å². The van der Waals surface area contributed by atoms with E-state index in [1.165, 1.54) is 6.42 Å². The molecule has 0 bridgehead atoms. The van der Waals surface area contributed by atoms with Crippen LogP contribution in [0.2, 0.25) is 0 Å². The summed E-state index contributed by atoms with van der Waals surface area (Å²) in [7, 11) is 2.07. The maximum Gasteiger partial charge on any atom is 0.125 e. The van der Waals surface area contributed by atoms with Crippen molar-refractivity contribution in [3.63, 3.8) is 0 Å². The standard InChI is InChI=1S/C16H23NO3/c1-17(9-12-5-4-8-19-10-12)14-11-20-15-7-3-2-6-13(15)16(14)18/h2-3,6-7,12,14,16,18H,4-5,8-11H2,1H3. The van der Waals surface area contributed by atoms with Gasteiger partial charge in [0, 0.05) is 18.7 Å². The highest BCUT2D eigenvalue weighted by Crippen LogP contribution is 2.34. The molecule has 0 amide bonds. The topological polar surface area (TPSA) is 41.9 Å². The lowest BCUT2D eigenvalue weighted by molar-refractivity contribution is -0.0107. The van der Waals surface area contributed by atoms with Crippen molar-refractivity contribution in [2.75, 3.05) is 33.4 Å². The second kappa shape index (κ2) is 6.12. The minimum atomic E-state index is -0.477.